The molecule has 8 heteroatoms. The number of rotatable bonds is 3. The van der Waals surface area contributed by atoms with Crippen molar-refractivity contribution >= 4 is 46.3 Å². The summed E-state index contributed by atoms with van der Waals surface area (Å²) in [4.78, 5) is 27.2. The molecule has 1 aromatic heterocycles. The van der Waals surface area contributed by atoms with Gasteiger partial charge in [-0.05, 0) is 39.8 Å². The molecule has 6 nitrogen and oxygen atoms in total. The van der Waals surface area contributed by atoms with Crippen LogP contribution in [0.1, 0.15) is 25.8 Å². The van der Waals surface area contributed by atoms with E-state index in [0.29, 0.717) is 11.4 Å². The van der Waals surface area contributed by atoms with Crippen molar-refractivity contribution < 1.29 is 9.59 Å². The molecule has 126 valence electrons. The SMILES string of the molecule is Cc1nnc(S[C@@H](C)C(=O)N2c3ccccc3NC(=O)C2(C)C)s1. The zero-order valence-corrected chi connectivity index (χ0v) is 15.5. The van der Waals surface area contributed by atoms with E-state index in [-0.39, 0.29) is 17.1 Å². The van der Waals surface area contributed by atoms with Crippen molar-refractivity contribution in [2.24, 2.45) is 0 Å². The van der Waals surface area contributed by atoms with E-state index in [1.807, 2.05) is 32.0 Å². The Bertz CT molecular complexity index is 803. The summed E-state index contributed by atoms with van der Waals surface area (Å²) in [6.07, 6.45) is 0. The highest BCUT2D eigenvalue weighted by Crippen LogP contribution is 2.38. The Labute approximate surface area is 148 Å². The van der Waals surface area contributed by atoms with Gasteiger partial charge in [0.25, 0.3) is 0 Å². The predicted octanol–water partition coefficient (Wildman–Crippen LogP) is 3.09. The number of para-hydroxylation sites is 2. The molecule has 0 saturated carbocycles. The number of benzene rings is 1. The first-order valence-corrected chi connectivity index (χ1v) is 9.21. The summed E-state index contributed by atoms with van der Waals surface area (Å²) in [7, 11) is 0. The van der Waals surface area contributed by atoms with E-state index >= 15 is 0 Å². The van der Waals surface area contributed by atoms with E-state index in [4.69, 9.17) is 0 Å². The first-order valence-electron chi connectivity index (χ1n) is 7.52. The highest BCUT2D eigenvalue weighted by molar-refractivity contribution is 8.02. The number of aromatic nitrogens is 2. The highest BCUT2D eigenvalue weighted by atomic mass is 32.2. The lowest BCUT2D eigenvalue weighted by Gasteiger charge is -2.42. The summed E-state index contributed by atoms with van der Waals surface area (Å²) < 4.78 is 0.751. The fraction of sp³-hybridized carbons (Fsp3) is 0.375. The van der Waals surface area contributed by atoms with E-state index in [0.717, 1.165) is 9.35 Å². The van der Waals surface area contributed by atoms with Gasteiger partial charge in [0, 0.05) is 0 Å². The van der Waals surface area contributed by atoms with Crippen LogP contribution >= 0.6 is 23.1 Å². The standard InChI is InChI=1S/C16H18N4O2S2/c1-9(23-15-19-18-10(2)24-15)13(21)20-12-8-6-5-7-11(12)17-14(22)16(20,3)4/h5-9H,1-4H3,(H,17,22)/t9-/m0/s1. The summed E-state index contributed by atoms with van der Waals surface area (Å²) in [6.45, 7) is 7.21. The smallest absolute Gasteiger partial charge is 0.250 e. The molecule has 0 bridgehead atoms. The second-order valence-corrected chi connectivity index (χ2v) is 8.82. The lowest BCUT2D eigenvalue weighted by atomic mass is 9.96. The molecule has 0 aliphatic carbocycles. The maximum Gasteiger partial charge on any atom is 0.250 e. The summed E-state index contributed by atoms with van der Waals surface area (Å²) in [6, 6.07) is 7.34. The Morgan fingerprint density at radius 3 is 2.71 bits per heavy atom. The second-order valence-electron chi connectivity index (χ2n) is 6.05. The van der Waals surface area contributed by atoms with Crippen molar-refractivity contribution in [3.05, 3.63) is 29.3 Å². The van der Waals surface area contributed by atoms with E-state index in [1.54, 1.807) is 24.8 Å². The molecule has 0 saturated heterocycles. The third-order valence-corrected chi connectivity index (χ3v) is 5.87. The van der Waals surface area contributed by atoms with Crippen molar-refractivity contribution in [3.8, 4) is 0 Å². The second kappa shape index (κ2) is 6.18. The Hall–Kier alpha value is -1.93. The largest absolute Gasteiger partial charge is 0.322 e. The van der Waals surface area contributed by atoms with Crippen LogP contribution in [0.3, 0.4) is 0 Å². The zero-order chi connectivity index (χ0) is 17.5. The summed E-state index contributed by atoms with van der Waals surface area (Å²) >= 11 is 2.82. The van der Waals surface area contributed by atoms with Gasteiger partial charge in [-0.3, -0.25) is 14.5 Å². The molecule has 0 radical (unpaired) electrons. The number of carbonyl (C=O) groups is 2. The number of fused-ring (bicyclic) bond motifs is 1. The van der Waals surface area contributed by atoms with Crippen LogP contribution in [-0.2, 0) is 9.59 Å². The predicted molar refractivity (Wildman–Crippen MR) is 96.6 cm³/mol. The Morgan fingerprint density at radius 2 is 2.04 bits per heavy atom. The average molecular weight is 362 g/mol. The Morgan fingerprint density at radius 1 is 1.33 bits per heavy atom. The topological polar surface area (TPSA) is 75.2 Å². The van der Waals surface area contributed by atoms with Crippen molar-refractivity contribution in [2.45, 2.75) is 42.8 Å². The number of thioether (sulfide) groups is 1. The highest BCUT2D eigenvalue weighted by Gasteiger charge is 2.44. The van der Waals surface area contributed by atoms with Gasteiger partial charge in [-0.25, -0.2) is 0 Å². The van der Waals surface area contributed by atoms with E-state index in [1.165, 1.54) is 23.1 Å². The minimum atomic E-state index is -0.961. The first kappa shape index (κ1) is 16.9. The van der Waals surface area contributed by atoms with Gasteiger partial charge in [0.15, 0.2) is 4.34 Å². The van der Waals surface area contributed by atoms with Crippen LogP contribution < -0.4 is 10.2 Å². The number of carbonyl (C=O) groups excluding carboxylic acids is 2. The number of hydrogen-bond donors (Lipinski definition) is 1. The van der Waals surface area contributed by atoms with Gasteiger partial charge in [0.2, 0.25) is 11.8 Å². The number of amides is 2. The Balaban J connectivity index is 1.93. The lowest BCUT2D eigenvalue weighted by molar-refractivity contribution is -0.126. The van der Waals surface area contributed by atoms with Gasteiger partial charge in [0.05, 0.1) is 16.6 Å². The molecule has 2 heterocycles. The summed E-state index contributed by atoms with van der Waals surface area (Å²) in [5.41, 5.74) is 0.407. The fourth-order valence-electron chi connectivity index (χ4n) is 2.56. The number of anilines is 2. The molecule has 1 aliphatic rings. The quantitative estimate of drug-likeness (QED) is 0.849. The van der Waals surface area contributed by atoms with Crippen molar-refractivity contribution in [3.63, 3.8) is 0 Å². The molecule has 1 aromatic carbocycles. The maximum absolute atomic E-state index is 13.1. The average Bonchev–Trinajstić information content (AvgIpc) is 2.93. The van der Waals surface area contributed by atoms with Crippen LogP contribution in [-0.4, -0.2) is 32.8 Å². The number of hydrogen-bond acceptors (Lipinski definition) is 6. The van der Waals surface area contributed by atoms with Crippen LogP contribution in [0.4, 0.5) is 11.4 Å². The van der Waals surface area contributed by atoms with E-state index in [9.17, 15) is 9.59 Å². The van der Waals surface area contributed by atoms with Crippen LogP contribution in [0.2, 0.25) is 0 Å². The molecule has 1 N–H and O–H groups in total. The number of nitrogens with zero attached hydrogens (tertiary/aromatic N) is 3. The van der Waals surface area contributed by atoms with Gasteiger partial charge in [-0.2, -0.15) is 0 Å². The third kappa shape index (κ3) is 2.91. The molecular weight excluding hydrogens is 344 g/mol. The summed E-state index contributed by atoms with van der Waals surface area (Å²) in [5, 5.41) is 11.4. The molecule has 1 aliphatic heterocycles. The van der Waals surface area contributed by atoms with Crippen LogP contribution in [0.25, 0.3) is 0 Å². The van der Waals surface area contributed by atoms with Gasteiger partial charge in [0.1, 0.15) is 10.5 Å². The molecule has 1 atom stereocenters. The number of aryl methyl sites for hydroxylation is 1. The van der Waals surface area contributed by atoms with Crippen molar-refractivity contribution in [1.29, 1.82) is 0 Å². The maximum atomic E-state index is 13.1. The monoisotopic (exact) mass is 362 g/mol. The molecule has 2 amide bonds. The normalized spacial score (nSPS) is 17.2. The molecule has 3 rings (SSSR count). The first-order chi connectivity index (χ1) is 11.3. The minimum absolute atomic E-state index is 0.125. The number of nitrogens with one attached hydrogen (secondary N) is 1. The molecule has 24 heavy (non-hydrogen) atoms. The molecular formula is C16H18N4O2S2. The molecule has 2 aromatic rings. The fourth-order valence-corrected chi connectivity index (χ4v) is 4.56. The van der Waals surface area contributed by atoms with Gasteiger partial charge < -0.3 is 5.32 Å². The van der Waals surface area contributed by atoms with Gasteiger partial charge in [-0.15, -0.1) is 10.2 Å². The minimum Gasteiger partial charge on any atom is -0.322 e. The zero-order valence-electron chi connectivity index (χ0n) is 13.9. The van der Waals surface area contributed by atoms with Crippen LogP contribution in [0.5, 0.6) is 0 Å². The van der Waals surface area contributed by atoms with Gasteiger partial charge in [-0.1, -0.05) is 35.2 Å². The third-order valence-electron chi connectivity index (χ3n) is 3.86. The van der Waals surface area contributed by atoms with Gasteiger partial charge >= 0.3 is 0 Å². The van der Waals surface area contributed by atoms with Crippen molar-refractivity contribution in [2.75, 3.05) is 10.2 Å². The van der Waals surface area contributed by atoms with Crippen molar-refractivity contribution in [1.82, 2.24) is 10.2 Å². The molecule has 0 spiro atoms. The molecule has 0 fully saturated rings. The van der Waals surface area contributed by atoms with E-state index in [2.05, 4.69) is 15.5 Å². The lowest BCUT2D eigenvalue weighted by Crippen LogP contribution is -2.60. The Kier molecular flexibility index (Phi) is 4.35. The molecule has 0 unspecified atom stereocenters. The van der Waals surface area contributed by atoms with E-state index < -0.39 is 5.54 Å². The van der Waals surface area contributed by atoms with Crippen LogP contribution in [0, 0.1) is 6.92 Å². The summed E-state index contributed by atoms with van der Waals surface area (Å²) in [5.74, 6) is -0.321. The van der Waals surface area contributed by atoms with Crippen LogP contribution in [0.15, 0.2) is 28.6 Å².